The summed E-state index contributed by atoms with van der Waals surface area (Å²) in [6.45, 7) is 0. The summed E-state index contributed by atoms with van der Waals surface area (Å²) < 4.78 is 0. The molecule has 0 atom stereocenters. The van der Waals surface area contributed by atoms with Crippen molar-refractivity contribution in [2.75, 3.05) is 0 Å². The van der Waals surface area contributed by atoms with Crippen LogP contribution in [0.2, 0.25) is 0 Å². The lowest BCUT2D eigenvalue weighted by Gasteiger charge is -2.19. The minimum atomic E-state index is 0.812. The van der Waals surface area contributed by atoms with Gasteiger partial charge in [0.1, 0.15) is 0 Å². The Hall–Kier alpha value is -0.370. The Morgan fingerprint density at radius 2 is 2.18 bits per heavy atom. The van der Waals surface area contributed by atoms with E-state index in [1.807, 2.05) is 6.20 Å². The molecule has 11 heavy (non-hydrogen) atoms. The van der Waals surface area contributed by atoms with Crippen molar-refractivity contribution in [2.45, 2.75) is 38.0 Å². The molecule has 1 nitrogen and oxygen atoms in total. The molecule has 0 spiro atoms. The Balaban J connectivity index is 2.04. The van der Waals surface area contributed by atoms with Gasteiger partial charge in [0, 0.05) is 11.1 Å². The van der Waals surface area contributed by atoms with Crippen LogP contribution in [0.4, 0.5) is 0 Å². The number of aromatic nitrogens is 1. The molecule has 1 heterocycles. The van der Waals surface area contributed by atoms with E-state index in [-0.39, 0.29) is 0 Å². The van der Waals surface area contributed by atoms with Crippen molar-refractivity contribution in [1.82, 2.24) is 4.98 Å². The highest BCUT2D eigenvalue weighted by Gasteiger charge is 2.16. The molecule has 0 N–H and O–H groups in total. The Morgan fingerprint density at radius 1 is 1.36 bits per heavy atom. The molecule has 59 valence electrons. The standard InChI is InChI=1S/C9H12NS/c1-2-4-8(5-3-1)9-6-10-7-11-9/h6,8H,1-5H2. The summed E-state index contributed by atoms with van der Waals surface area (Å²) in [6, 6.07) is 0. The van der Waals surface area contributed by atoms with Crippen LogP contribution < -0.4 is 0 Å². The van der Waals surface area contributed by atoms with E-state index in [1.54, 1.807) is 11.3 Å². The molecule has 1 saturated carbocycles. The van der Waals surface area contributed by atoms with Gasteiger partial charge in [-0.1, -0.05) is 19.3 Å². The summed E-state index contributed by atoms with van der Waals surface area (Å²) in [5.74, 6) is 0.812. The fourth-order valence-electron chi connectivity index (χ4n) is 1.77. The Bertz CT molecular complexity index is 199. The molecular formula is C9H12NS. The lowest BCUT2D eigenvalue weighted by molar-refractivity contribution is 0.448. The predicted molar refractivity (Wildman–Crippen MR) is 46.8 cm³/mol. The van der Waals surface area contributed by atoms with Gasteiger partial charge in [0.05, 0.1) is 0 Å². The van der Waals surface area contributed by atoms with E-state index in [4.69, 9.17) is 0 Å². The van der Waals surface area contributed by atoms with Gasteiger partial charge < -0.3 is 0 Å². The van der Waals surface area contributed by atoms with Gasteiger partial charge in [-0.2, -0.15) is 0 Å². The molecule has 0 unspecified atom stereocenters. The van der Waals surface area contributed by atoms with Gasteiger partial charge in [0.2, 0.25) is 0 Å². The quantitative estimate of drug-likeness (QED) is 0.625. The monoisotopic (exact) mass is 166 g/mol. The van der Waals surface area contributed by atoms with E-state index < -0.39 is 0 Å². The maximum atomic E-state index is 3.99. The summed E-state index contributed by atoms with van der Waals surface area (Å²) in [4.78, 5) is 5.44. The van der Waals surface area contributed by atoms with Crippen LogP contribution in [0.3, 0.4) is 0 Å². The summed E-state index contributed by atoms with van der Waals surface area (Å²) in [7, 11) is 0. The zero-order valence-electron chi connectivity index (χ0n) is 6.55. The average Bonchev–Trinajstić information content (AvgIpc) is 2.58. The van der Waals surface area contributed by atoms with Gasteiger partial charge in [-0.25, -0.2) is 4.98 Å². The second-order valence-electron chi connectivity index (χ2n) is 3.19. The summed E-state index contributed by atoms with van der Waals surface area (Å²) >= 11 is 1.69. The second-order valence-corrected chi connectivity index (χ2v) is 4.05. The molecule has 2 heteroatoms. The number of rotatable bonds is 1. The molecule has 1 fully saturated rings. The third-order valence-electron chi connectivity index (χ3n) is 2.42. The van der Waals surface area contributed by atoms with E-state index >= 15 is 0 Å². The molecule has 2 rings (SSSR count). The Labute approximate surface area is 71.5 Å². The van der Waals surface area contributed by atoms with Crippen molar-refractivity contribution in [3.05, 3.63) is 16.6 Å². The van der Waals surface area contributed by atoms with Gasteiger partial charge in [0.25, 0.3) is 0 Å². The van der Waals surface area contributed by atoms with E-state index in [0.717, 1.165) is 5.92 Å². The minimum Gasteiger partial charge on any atom is -0.242 e. The molecule has 1 aliphatic rings. The molecule has 0 amide bonds. The van der Waals surface area contributed by atoms with Crippen molar-refractivity contribution >= 4 is 11.3 Å². The molecule has 1 aliphatic carbocycles. The number of nitrogens with zero attached hydrogens (tertiary/aromatic N) is 1. The van der Waals surface area contributed by atoms with Crippen LogP contribution in [0.15, 0.2) is 6.20 Å². The summed E-state index contributed by atoms with van der Waals surface area (Å²) in [5.41, 5.74) is 2.92. The normalized spacial score (nSPS) is 20.4. The predicted octanol–water partition coefficient (Wildman–Crippen LogP) is 2.99. The molecule has 0 saturated heterocycles. The molecule has 0 aliphatic heterocycles. The minimum absolute atomic E-state index is 0.812. The van der Waals surface area contributed by atoms with Crippen molar-refractivity contribution in [2.24, 2.45) is 0 Å². The van der Waals surface area contributed by atoms with Gasteiger partial charge in [-0.15, -0.1) is 11.3 Å². The van der Waals surface area contributed by atoms with E-state index in [1.165, 1.54) is 37.0 Å². The van der Waals surface area contributed by atoms with E-state index in [0.29, 0.717) is 0 Å². The first-order valence-electron chi connectivity index (χ1n) is 4.28. The van der Waals surface area contributed by atoms with Crippen LogP contribution in [-0.4, -0.2) is 4.98 Å². The molecule has 1 radical (unpaired) electrons. The molecule has 0 bridgehead atoms. The van der Waals surface area contributed by atoms with Crippen LogP contribution in [0.1, 0.15) is 42.9 Å². The maximum absolute atomic E-state index is 3.99. The number of hydrogen-bond acceptors (Lipinski definition) is 2. The summed E-state index contributed by atoms with van der Waals surface area (Å²) in [6.07, 6.45) is 8.97. The highest BCUT2D eigenvalue weighted by Crippen LogP contribution is 2.33. The third-order valence-corrected chi connectivity index (χ3v) is 3.29. The number of thiazole rings is 1. The first-order valence-corrected chi connectivity index (χ1v) is 5.10. The van der Waals surface area contributed by atoms with Crippen molar-refractivity contribution in [3.63, 3.8) is 0 Å². The van der Waals surface area contributed by atoms with Gasteiger partial charge >= 0.3 is 0 Å². The largest absolute Gasteiger partial charge is 0.242 e. The highest BCUT2D eigenvalue weighted by atomic mass is 32.1. The fourth-order valence-corrected chi connectivity index (χ4v) is 2.49. The van der Waals surface area contributed by atoms with Crippen LogP contribution in [0, 0.1) is 5.51 Å². The average molecular weight is 166 g/mol. The zero-order valence-corrected chi connectivity index (χ0v) is 7.36. The summed E-state index contributed by atoms with van der Waals surface area (Å²) in [5, 5.41) is 0. The zero-order chi connectivity index (χ0) is 7.52. The van der Waals surface area contributed by atoms with Crippen LogP contribution in [0.5, 0.6) is 0 Å². The second kappa shape index (κ2) is 3.35. The SMILES string of the molecule is [c]1ncc(C2CCCCC2)s1. The molecule has 1 aromatic rings. The first kappa shape index (κ1) is 7.29. The fraction of sp³-hybridized carbons (Fsp3) is 0.667. The molecule has 1 aromatic heterocycles. The van der Waals surface area contributed by atoms with Crippen LogP contribution in [-0.2, 0) is 0 Å². The Morgan fingerprint density at radius 3 is 2.82 bits per heavy atom. The smallest absolute Gasteiger partial charge is 0.152 e. The van der Waals surface area contributed by atoms with Crippen LogP contribution in [0.25, 0.3) is 0 Å². The van der Waals surface area contributed by atoms with Crippen molar-refractivity contribution in [3.8, 4) is 0 Å². The van der Waals surface area contributed by atoms with Gasteiger partial charge in [-0.3, -0.25) is 0 Å². The third kappa shape index (κ3) is 1.62. The molecule has 0 aromatic carbocycles. The van der Waals surface area contributed by atoms with Crippen molar-refractivity contribution < 1.29 is 0 Å². The van der Waals surface area contributed by atoms with E-state index in [2.05, 4.69) is 10.5 Å². The highest BCUT2D eigenvalue weighted by molar-refractivity contribution is 7.09. The lowest BCUT2D eigenvalue weighted by atomic mass is 9.89. The first-order chi connectivity index (χ1) is 5.47. The van der Waals surface area contributed by atoms with E-state index in [9.17, 15) is 0 Å². The topological polar surface area (TPSA) is 12.9 Å². The Kier molecular flexibility index (Phi) is 2.22. The van der Waals surface area contributed by atoms with Crippen molar-refractivity contribution in [1.29, 1.82) is 0 Å². The maximum Gasteiger partial charge on any atom is 0.152 e. The number of hydrogen-bond donors (Lipinski definition) is 0. The lowest BCUT2D eigenvalue weighted by Crippen LogP contribution is -2.02. The van der Waals surface area contributed by atoms with Gasteiger partial charge in [0.15, 0.2) is 5.51 Å². The van der Waals surface area contributed by atoms with Gasteiger partial charge in [-0.05, 0) is 18.8 Å². The van der Waals surface area contributed by atoms with Crippen LogP contribution >= 0.6 is 11.3 Å². The molecular weight excluding hydrogens is 154 g/mol.